The summed E-state index contributed by atoms with van der Waals surface area (Å²) < 4.78 is 0. The number of hydrogen-bond donors (Lipinski definition) is 2. The molecule has 6 heteroatoms. The minimum atomic E-state index is -1.02. The van der Waals surface area contributed by atoms with Crippen LogP contribution in [0, 0.1) is 17.8 Å². The zero-order valence-electron chi connectivity index (χ0n) is 21.7. The number of halogens is 1. The first-order chi connectivity index (χ1) is 16.1. The average Bonchev–Trinajstić information content (AvgIpc) is 3.18. The van der Waals surface area contributed by atoms with Gasteiger partial charge < -0.3 is 15.3 Å². The van der Waals surface area contributed by atoms with Gasteiger partial charge in [0.1, 0.15) is 0 Å². The first-order valence-corrected chi connectivity index (χ1v) is 13.6. The molecule has 1 aromatic carbocycles. The minimum Gasteiger partial charge on any atom is -0.479 e. The lowest BCUT2D eigenvalue weighted by Gasteiger charge is -2.43. The van der Waals surface area contributed by atoms with Crippen LogP contribution in [0.2, 0.25) is 5.02 Å². The maximum atomic E-state index is 12.6. The van der Waals surface area contributed by atoms with Gasteiger partial charge in [0.25, 0.3) is 0 Å². The van der Waals surface area contributed by atoms with E-state index in [1.807, 2.05) is 30.6 Å². The number of aliphatic imine (C=N–C) groups is 1. The molecule has 2 aliphatic rings. The largest absolute Gasteiger partial charge is 0.479 e. The number of carboxylic acid groups (broad SMARTS) is 1. The van der Waals surface area contributed by atoms with Crippen LogP contribution in [0.5, 0.6) is 0 Å². The maximum absolute atomic E-state index is 12.6. The van der Waals surface area contributed by atoms with Gasteiger partial charge in [0, 0.05) is 22.8 Å². The Balaban J connectivity index is 1.67. The second-order valence-corrected chi connectivity index (χ2v) is 11.5. The number of aliphatic carboxylic acids is 1. The van der Waals surface area contributed by atoms with E-state index in [2.05, 4.69) is 44.8 Å². The number of unbranched alkanes of at least 4 members (excludes halogenated alkanes) is 1. The number of carbonyl (C=O) groups is 1. The fourth-order valence-corrected chi connectivity index (χ4v) is 6.20. The SMILES string of the molecule is CCCCN1C=NC(C(=O)O)(C(C)CC)C1CC1CCC(C(C)(C)Nc2ccc(Cl)cc2)CC1. The number of benzene rings is 1. The van der Waals surface area contributed by atoms with Crippen molar-refractivity contribution in [1.82, 2.24) is 4.90 Å². The van der Waals surface area contributed by atoms with Gasteiger partial charge in [-0.15, -0.1) is 0 Å². The maximum Gasteiger partial charge on any atom is 0.334 e. The number of nitrogens with zero attached hydrogens (tertiary/aromatic N) is 2. The van der Waals surface area contributed by atoms with Crippen LogP contribution in [-0.2, 0) is 4.79 Å². The molecule has 1 aromatic rings. The monoisotopic (exact) mass is 489 g/mol. The third-order valence-corrected chi connectivity index (χ3v) is 8.79. The quantitative estimate of drug-likeness (QED) is 0.347. The molecule has 34 heavy (non-hydrogen) atoms. The van der Waals surface area contributed by atoms with E-state index < -0.39 is 11.5 Å². The minimum absolute atomic E-state index is 0.00994. The van der Waals surface area contributed by atoms with Gasteiger partial charge in [-0.3, -0.25) is 4.99 Å². The van der Waals surface area contributed by atoms with E-state index in [0.717, 1.165) is 68.6 Å². The molecule has 1 aliphatic heterocycles. The van der Waals surface area contributed by atoms with Crippen molar-refractivity contribution in [2.75, 3.05) is 11.9 Å². The summed E-state index contributed by atoms with van der Waals surface area (Å²) in [5, 5.41) is 14.8. The van der Waals surface area contributed by atoms with Crippen LogP contribution in [0.25, 0.3) is 0 Å². The van der Waals surface area contributed by atoms with Crippen molar-refractivity contribution in [3.63, 3.8) is 0 Å². The summed E-state index contributed by atoms with van der Waals surface area (Å²) in [6, 6.07) is 7.89. The molecule has 1 fully saturated rings. The third-order valence-electron chi connectivity index (χ3n) is 8.54. The number of nitrogens with one attached hydrogen (secondary N) is 1. The molecule has 0 amide bonds. The van der Waals surface area contributed by atoms with E-state index in [4.69, 9.17) is 16.6 Å². The van der Waals surface area contributed by atoms with E-state index in [0.29, 0.717) is 11.8 Å². The first kappa shape index (κ1) is 26.8. The topological polar surface area (TPSA) is 64.9 Å². The van der Waals surface area contributed by atoms with Crippen LogP contribution in [0.15, 0.2) is 29.3 Å². The zero-order valence-corrected chi connectivity index (χ0v) is 22.4. The molecular formula is C28H44ClN3O2. The first-order valence-electron chi connectivity index (χ1n) is 13.2. The smallest absolute Gasteiger partial charge is 0.334 e. The Labute approximate surface area is 211 Å². The summed E-state index contributed by atoms with van der Waals surface area (Å²) in [4.78, 5) is 19.6. The predicted octanol–water partition coefficient (Wildman–Crippen LogP) is 7.11. The van der Waals surface area contributed by atoms with Crippen molar-refractivity contribution in [2.24, 2.45) is 22.7 Å². The Kier molecular flexibility index (Phi) is 8.94. The number of anilines is 1. The van der Waals surface area contributed by atoms with Crippen LogP contribution in [0.3, 0.4) is 0 Å². The van der Waals surface area contributed by atoms with E-state index >= 15 is 0 Å². The normalized spacial score (nSPS) is 28.2. The lowest BCUT2D eigenvalue weighted by molar-refractivity contribution is -0.147. The van der Waals surface area contributed by atoms with Crippen molar-refractivity contribution >= 4 is 29.6 Å². The zero-order chi connectivity index (χ0) is 24.9. The summed E-state index contributed by atoms with van der Waals surface area (Å²) in [5.41, 5.74) is 0.0737. The molecule has 5 nitrogen and oxygen atoms in total. The van der Waals surface area contributed by atoms with E-state index in [1.165, 1.54) is 0 Å². The van der Waals surface area contributed by atoms with E-state index in [1.54, 1.807) is 0 Å². The highest BCUT2D eigenvalue weighted by Gasteiger charge is 2.55. The Morgan fingerprint density at radius 3 is 2.44 bits per heavy atom. The Morgan fingerprint density at radius 2 is 1.88 bits per heavy atom. The van der Waals surface area contributed by atoms with Crippen molar-refractivity contribution in [3.05, 3.63) is 29.3 Å². The van der Waals surface area contributed by atoms with Gasteiger partial charge in [0.05, 0.1) is 12.4 Å². The molecule has 0 spiro atoms. The van der Waals surface area contributed by atoms with Crippen LogP contribution >= 0.6 is 11.6 Å². The summed E-state index contributed by atoms with van der Waals surface area (Å²) >= 11 is 6.05. The molecule has 3 rings (SSSR count). The highest BCUT2D eigenvalue weighted by molar-refractivity contribution is 6.30. The van der Waals surface area contributed by atoms with Crippen molar-refractivity contribution < 1.29 is 9.90 Å². The molecule has 0 aromatic heterocycles. The standard InChI is InChI=1S/C28H44ClN3O2/c1-6-8-17-32-19-30-28(26(33)34,20(3)7-2)25(32)18-21-9-11-22(12-10-21)27(4,5)31-24-15-13-23(29)14-16-24/h13-16,19-22,25,31H,6-12,17-18H2,1-5H3,(H,33,34). The van der Waals surface area contributed by atoms with Gasteiger partial charge in [0.2, 0.25) is 0 Å². The molecule has 1 heterocycles. The molecule has 3 unspecified atom stereocenters. The fraction of sp³-hybridized carbons (Fsp3) is 0.714. The van der Waals surface area contributed by atoms with Crippen LogP contribution in [0.4, 0.5) is 5.69 Å². The number of hydrogen-bond acceptors (Lipinski definition) is 4. The van der Waals surface area contributed by atoms with Gasteiger partial charge in [0.15, 0.2) is 5.54 Å². The fourth-order valence-electron chi connectivity index (χ4n) is 6.08. The molecule has 190 valence electrons. The van der Waals surface area contributed by atoms with Gasteiger partial charge in [-0.1, -0.05) is 58.1 Å². The number of rotatable bonds is 11. The Hall–Kier alpha value is -1.75. The van der Waals surface area contributed by atoms with E-state index in [-0.39, 0.29) is 17.5 Å². The summed E-state index contributed by atoms with van der Waals surface area (Å²) in [6.07, 6.45) is 10.4. The van der Waals surface area contributed by atoms with E-state index in [9.17, 15) is 9.90 Å². The molecule has 1 aliphatic carbocycles. The lowest BCUT2D eigenvalue weighted by Crippen LogP contribution is -2.56. The molecular weight excluding hydrogens is 446 g/mol. The van der Waals surface area contributed by atoms with Crippen LogP contribution in [0.1, 0.15) is 86.0 Å². The van der Waals surface area contributed by atoms with Gasteiger partial charge in [-0.05, 0) is 81.5 Å². The summed E-state index contributed by atoms with van der Waals surface area (Å²) in [6.45, 7) is 11.8. The lowest BCUT2D eigenvalue weighted by atomic mass is 9.69. The van der Waals surface area contributed by atoms with Crippen LogP contribution < -0.4 is 5.32 Å². The van der Waals surface area contributed by atoms with Crippen LogP contribution in [-0.4, -0.2) is 46.0 Å². The molecule has 0 saturated heterocycles. The second kappa shape index (κ2) is 11.3. The molecule has 0 radical (unpaired) electrons. The van der Waals surface area contributed by atoms with Gasteiger partial charge >= 0.3 is 5.97 Å². The number of carboxylic acids is 1. The van der Waals surface area contributed by atoms with Crippen molar-refractivity contribution in [1.29, 1.82) is 0 Å². The Bertz CT molecular complexity index is 833. The van der Waals surface area contributed by atoms with Gasteiger partial charge in [-0.25, -0.2) is 4.79 Å². The average molecular weight is 490 g/mol. The summed E-state index contributed by atoms with van der Waals surface area (Å²) in [5.74, 6) is 0.372. The second-order valence-electron chi connectivity index (χ2n) is 11.1. The molecule has 2 N–H and O–H groups in total. The highest BCUT2D eigenvalue weighted by Crippen LogP contribution is 2.43. The Morgan fingerprint density at radius 1 is 1.24 bits per heavy atom. The highest BCUT2D eigenvalue weighted by atomic mass is 35.5. The van der Waals surface area contributed by atoms with Crippen molar-refractivity contribution in [2.45, 2.75) is 103 Å². The molecule has 1 saturated carbocycles. The van der Waals surface area contributed by atoms with Gasteiger partial charge in [-0.2, -0.15) is 0 Å². The summed E-state index contributed by atoms with van der Waals surface area (Å²) in [7, 11) is 0. The van der Waals surface area contributed by atoms with Crippen molar-refractivity contribution in [3.8, 4) is 0 Å². The predicted molar refractivity (Wildman–Crippen MR) is 143 cm³/mol. The molecule has 3 atom stereocenters. The molecule has 0 bridgehead atoms. The third kappa shape index (κ3) is 5.72.